The number of rotatable bonds is 4. The highest BCUT2D eigenvalue weighted by molar-refractivity contribution is 5.36. The minimum Gasteiger partial charge on any atom is -0.234 e. The van der Waals surface area contributed by atoms with Crippen molar-refractivity contribution in [2.75, 3.05) is 5.01 Å². The van der Waals surface area contributed by atoms with Crippen LogP contribution in [0.1, 0.15) is 32.4 Å². The molecule has 0 aliphatic rings. The van der Waals surface area contributed by atoms with Gasteiger partial charge in [-0.05, 0) is 20.8 Å². The lowest BCUT2D eigenvalue weighted by Crippen LogP contribution is -2.66. The number of nitro groups is 1. The van der Waals surface area contributed by atoms with Gasteiger partial charge in [0.1, 0.15) is 5.54 Å². The zero-order valence-corrected chi connectivity index (χ0v) is 18.9. The van der Waals surface area contributed by atoms with Crippen molar-refractivity contribution in [3.63, 3.8) is 0 Å². The van der Waals surface area contributed by atoms with Gasteiger partial charge in [0.25, 0.3) is 5.95 Å². The number of anilines is 1. The first-order chi connectivity index (χ1) is 17.1. The highest BCUT2D eigenvalue weighted by Gasteiger charge is 2.89. The fourth-order valence-electron chi connectivity index (χ4n) is 3.14. The maximum atomic E-state index is 13.6. The lowest BCUT2D eigenvalue weighted by Gasteiger charge is -2.40. The molecule has 1 aromatic heterocycles. The summed E-state index contributed by atoms with van der Waals surface area (Å²) in [7, 11) is 0. The molecule has 0 spiro atoms. The maximum absolute atomic E-state index is 13.6. The van der Waals surface area contributed by atoms with Crippen LogP contribution < -0.4 is 5.01 Å². The molecule has 0 aromatic carbocycles. The van der Waals surface area contributed by atoms with Crippen LogP contribution in [0.4, 0.5) is 85.0 Å². The average Bonchev–Trinajstić information content (AvgIpc) is 2.52. The summed E-state index contributed by atoms with van der Waals surface area (Å²) in [4.78, 5) is 16.3. The first kappa shape index (κ1) is 35.0. The molecule has 0 saturated carbocycles. The molecule has 0 unspecified atom stereocenters. The van der Waals surface area contributed by atoms with E-state index in [1.165, 1.54) is 4.98 Å². The van der Waals surface area contributed by atoms with Crippen LogP contribution in [0.5, 0.6) is 0 Å². The van der Waals surface area contributed by atoms with Gasteiger partial charge in [-0.2, -0.15) is 89.0 Å². The van der Waals surface area contributed by atoms with Crippen LogP contribution in [0.3, 0.4) is 0 Å². The fraction of sp³-hybridized carbons (Fsp3) is 0.800. The van der Waals surface area contributed by atoms with Gasteiger partial charge >= 0.3 is 47.9 Å². The molecule has 0 radical (unpaired) electrons. The lowest BCUT2D eigenvalue weighted by molar-refractivity contribution is -0.506. The van der Waals surface area contributed by atoms with E-state index in [4.69, 9.17) is 0 Å². The molecule has 0 atom stereocenters. The van der Waals surface area contributed by atoms with Crippen molar-refractivity contribution in [2.45, 2.75) is 74.2 Å². The van der Waals surface area contributed by atoms with Crippen LogP contribution in [0, 0.1) is 10.1 Å². The largest absolute Gasteiger partial charge is 0.419 e. The van der Waals surface area contributed by atoms with E-state index in [0.29, 0.717) is 20.8 Å². The minimum atomic E-state index is -7.89. The van der Waals surface area contributed by atoms with Crippen molar-refractivity contribution in [3.8, 4) is 0 Å². The Bertz CT molecular complexity index is 966. The van der Waals surface area contributed by atoms with E-state index < -0.39 is 81.1 Å². The quantitative estimate of drug-likeness (QED) is 0.214. The van der Waals surface area contributed by atoms with E-state index in [1.807, 2.05) is 9.97 Å². The average molecular weight is 633 g/mol. The third-order valence-electron chi connectivity index (χ3n) is 4.83. The van der Waals surface area contributed by atoms with Gasteiger partial charge in [0.05, 0.1) is 0 Å². The van der Waals surface area contributed by atoms with Gasteiger partial charge in [-0.15, -0.1) is 0 Å². The fourth-order valence-corrected chi connectivity index (χ4v) is 3.14. The monoisotopic (exact) mass is 633 g/mol. The van der Waals surface area contributed by atoms with Crippen molar-refractivity contribution in [2.24, 2.45) is 0 Å². The minimum absolute atomic E-state index is 0.494. The van der Waals surface area contributed by atoms with E-state index in [0.717, 1.165) is 0 Å². The summed E-state index contributed by atoms with van der Waals surface area (Å²) in [5.74, 6) is -11.4. The van der Waals surface area contributed by atoms with Gasteiger partial charge in [0, 0.05) is 0 Å². The molecule has 0 aliphatic carbocycles. The molecule has 0 aliphatic heterocycles. The molecule has 40 heavy (non-hydrogen) atoms. The standard InChI is InChI=1S/C15H9F18N5O2/c1-7(2,3)37(38(39)40)6-35-4(8(10(16,17)18,11(19,20)21)12(22,23)24)34-5(36-6)9(13(25,26)27,14(28,29)30)15(31,32)33/h1-3H3. The number of hydrazine groups is 1. The predicted octanol–water partition coefficient (Wildman–Crippen LogP) is 6.52. The van der Waals surface area contributed by atoms with Gasteiger partial charge in [-0.3, -0.25) is 0 Å². The molecule has 0 saturated heterocycles. The van der Waals surface area contributed by atoms with Gasteiger partial charge in [0.15, 0.2) is 16.7 Å². The smallest absolute Gasteiger partial charge is 0.234 e. The highest BCUT2D eigenvalue weighted by Crippen LogP contribution is 2.62. The molecule has 0 bridgehead atoms. The molecule has 7 nitrogen and oxygen atoms in total. The molecule has 232 valence electrons. The Morgan fingerprint density at radius 3 is 0.900 bits per heavy atom. The summed E-state index contributed by atoms with van der Waals surface area (Å²) in [6.45, 7) is 1.48. The van der Waals surface area contributed by atoms with Crippen LogP contribution in [0.25, 0.3) is 0 Å². The topological polar surface area (TPSA) is 85.0 Å². The number of halogens is 18. The molecule has 1 heterocycles. The molecule has 25 heteroatoms. The second-order valence-electron chi connectivity index (χ2n) is 8.49. The first-order valence-corrected chi connectivity index (χ1v) is 9.26. The second kappa shape index (κ2) is 9.24. The van der Waals surface area contributed by atoms with E-state index in [-0.39, 0.29) is 0 Å². The Morgan fingerprint density at radius 2 is 0.750 bits per heavy atom. The summed E-state index contributed by atoms with van der Waals surface area (Å²) >= 11 is 0. The normalized spacial score (nSPS) is 15.3. The van der Waals surface area contributed by atoms with Crippen molar-refractivity contribution in [3.05, 3.63) is 21.8 Å². The number of hydrogen-bond acceptors (Lipinski definition) is 5. The number of alkyl halides is 18. The molecule has 1 aromatic rings. The van der Waals surface area contributed by atoms with Gasteiger partial charge < -0.3 is 0 Å². The Morgan fingerprint density at radius 1 is 0.525 bits per heavy atom. The zero-order valence-electron chi connectivity index (χ0n) is 18.9. The Hall–Kier alpha value is -3.05. The van der Waals surface area contributed by atoms with Crippen LogP contribution in [0.15, 0.2) is 0 Å². The van der Waals surface area contributed by atoms with Gasteiger partial charge in [0.2, 0.25) is 0 Å². The summed E-state index contributed by atoms with van der Waals surface area (Å²) in [6.07, 6.45) is -47.3. The summed E-state index contributed by atoms with van der Waals surface area (Å²) in [5.41, 5.74) is -17.9. The van der Waals surface area contributed by atoms with Crippen LogP contribution in [-0.4, -0.2) is 62.6 Å². The molecular formula is C15H9F18N5O2. The SMILES string of the molecule is CC(C)(C)N(c1nc(C(C(F)(F)F)(C(F)(F)F)C(F)(F)F)nc(C(C(F)(F)F)(C(F)(F)F)C(F)(F)F)n1)[N+](=O)[O-]. The Labute approximate surface area is 207 Å². The van der Waals surface area contributed by atoms with E-state index in [1.54, 1.807) is 0 Å². The predicted molar refractivity (Wildman–Crippen MR) is 88.7 cm³/mol. The van der Waals surface area contributed by atoms with E-state index in [9.17, 15) is 89.1 Å². The summed E-state index contributed by atoms with van der Waals surface area (Å²) < 4.78 is 244. The number of nitrogens with zero attached hydrogens (tertiary/aromatic N) is 5. The number of hydrogen-bond donors (Lipinski definition) is 0. The third kappa shape index (κ3) is 5.09. The summed E-state index contributed by atoms with van der Waals surface area (Å²) in [5, 5.41) is 8.21. The summed E-state index contributed by atoms with van der Waals surface area (Å²) in [6, 6.07) is 0. The maximum Gasteiger partial charge on any atom is 0.419 e. The van der Waals surface area contributed by atoms with E-state index in [2.05, 4.69) is 0 Å². The second-order valence-corrected chi connectivity index (χ2v) is 8.49. The first-order valence-electron chi connectivity index (χ1n) is 9.26. The van der Waals surface area contributed by atoms with Gasteiger partial charge in [-0.1, -0.05) is 5.01 Å². The van der Waals surface area contributed by atoms with Crippen LogP contribution in [0.2, 0.25) is 0 Å². The molecule has 0 N–H and O–H groups in total. The number of aromatic nitrogens is 3. The van der Waals surface area contributed by atoms with Crippen LogP contribution in [-0.2, 0) is 10.8 Å². The molecule has 0 amide bonds. The highest BCUT2D eigenvalue weighted by atomic mass is 19.4. The Balaban J connectivity index is 4.87. The van der Waals surface area contributed by atoms with E-state index >= 15 is 0 Å². The zero-order chi connectivity index (χ0) is 32.5. The van der Waals surface area contributed by atoms with Crippen molar-refractivity contribution in [1.29, 1.82) is 0 Å². The Kier molecular flexibility index (Phi) is 8.08. The molecular weight excluding hydrogens is 624 g/mol. The van der Waals surface area contributed by atoms with Crippen molar-refractivity contribution in [1.82, 2.24) is 15.0 Å². The van der Waals surface area contributed by atoms with Crippen LogP contribution >= 0.6 is 0 Å². The van der Waals surface area contributed by atoms with Crippen molar-refractivity contribution < 1.29 is 84.1 Å². The molecule has 1 rings (SSSR count). The third-order valence-corrected chi connectivity index (χ3v) is 4.83. The molecule has 0 fully saturated rings. The van der Waals surface area contributed by atoms with Crippen molar-refractivity contribution >= 4 is 5.95 Å². The van der Waals surface area contributed by atoms with Gasteiger partial charge in [-0.25, -0.2) is 15.1 Å². The lowest BCUT2D eigenvalue weighted by atomic mass is 9.82.